The van der Waals surface area contributed by atoms with Gasteiger partial charge in [0.1, 0.15) is 12.1 Å². The van der Waals surface area contributed by atoms with Crippen molar-refractivity contribution < 1.29 is 59.1 Å². The van der Waals surface area contributed by atoms with Crippen molar-refractivity contribution in [3.8, 4) is 0 Å². The van der Waals surface area contributed by atoms with Gasteiger partial charge in [0.15, 0.2) is 0 Å². The molecule has 0 radical (unpaired) electrons. The highest BCUT2D eigenvalue weighted by Gasteiger charge is 2.25. The number of nitrogens with zero attached hydrogens (tertiary/aromatic N) is 5. The molecule has 2 aromatic heterocycles. The first-order valence-electron chi connectivity index (χ1n) is 14.0. The topological polar surface area (TPSA) is 312 Å². The number of aliphatic carboxylic acids is 5. The predicted octanol–water partition coefficient (Wildman–Crippen LogP) is -3.78. The normalized spacial score (nSPS) is 12.5. The molecular weight excluding hydrogens is 630 g/mol. The van der Waals surface area contributed by atoms with Gasteiger partial charge in [0, 0.05) is 62.8 Å². The van der Waals surface area contributed by atoms with E-state index in [0.717, 1.165) is 9.80 Å². The smallest absolute Gasteiger partial charge is 0.326 e. The lowest BCUT2D eigenvalue weighted by Crippen LogP contribution is -2.50. The second-order valence-corrected chi connectivity index (χ2v) is 10.4. The molecule has 2 unspecified atom stereocenters. The lowest BCUT2D eigenvalue weighted by molar-refractivity contribution is -0.143. The minimum absolute atomic E-state index is 0.109. The number of hydrogen-bond donors (Lipinski definition) is 9. The fourth-order valence-corrected chi connectivity index (χ4v) is 4.36. The number of imidazole rings is 2. The van der Waals surface area contributed by atoms with Crippen LogP contribution in [0.15, 0.2) is 25.0 Å². The van der Waals surface area contributed by atoms with Crippen LogP contribution in [-0.4, -0.2) is 173 Å². The molecule has 2 rings (SSSR count). The third-order valence-electron chi connectivity index (χ3n) is 6.50. The van der Waals surface area contributed by atoms with Crippen molar-refractivity contribution in [3.63, 3.8) is 0 Å². The standard InChI is InChI=1S/C26H37N9O12/c36-20(31-18(25(44)45)5-16-7-27-14-29-16)9-34(12-23(40)41)3-1-33(11-22(38)39)2-4-35(13-24(42)43)10-21(37)32-19(26(46)47)6-17-8-28-15-30-17/h7-8,14-15,18-19H,1-6,9-13H2,(H,27,29)(H,28,30)(H,31,36)(H,32,37)(H,38,39)(H,40,41)(H,42,43)(H,44,45)(H,46,47). The third-order valence-corrected chi connectivity index (χ3v) is 6.50. The van der Waals surface area contributed by atoms with Crippen LogP contribution >= 0.6 is 0 Å². The third kappa shape index (κ3) is 15.4. The molecule has 2 aromatic rings. The van der Waals surface area contributed by atoms with E-state index in [-0.39, 0.29) is 39.0 Å². The summed E-state index contributed by atoms with van der Waals surface area (Å²) in [7, 11) is 0. The van der Waals surface area contributed by atoms with Crippen LogP contribution in [0.25, 0.3) is 0 Å². The van der Waals surface area contributed by atoms with Crippen LogP contribution in [-0.2, 0) is 46.4 Å². The van der Waals surface area contributed by atoms with Gasteiger partial charge in [-0.3, -0.25) is 38.7 Å². The van der Waals surface area contributed by atoms with Gasteiger partial charge in [0.05, 0.1) is 45.4 Å². The Morgan fingerprint density at radius 1 is 0.574 bits per heavy atom. The van der Waals surface area contributed by atoms with E-state index in [2.05, 4.69) is 30.6 Å². The van der Waals surface area contributed by atoms with E-state index in [1.807, 2.05) is 0 Å². The van der Waals surface area contributed by atoms with Gasteiger partial charge in [-0.15, -0.1) is 0 Å². The van der Waals surface area contributed by atoms with Crippen LogP contribution in [0.1, 0.15) is 11.4 Å². The Kier molecular flexibility index (Phi) is 15.4. The molecular formula is C26H37N9O12. The zero-order valence-electron chi connectivity index (χ0n) is 25.1. The largest absolute Gasteiger partial charge is 0.480 e. The zero-order chi connectivity index (χ0) is 34.9. The Bertz CT molecular complexity index is 1260. The van der Waals surface area contributed by atoms with Gasteiger partial charge in [0.2, 0.25) is 11.8 Å². The Morgan fingerprint density at radius 3 is 1.21 bits per heavy atom. The molecule has 47 heavy (non-hydrogen) atoms. The highest BCUT2D eigenvalue weighted by atomic mass is 16.4. The lowest BCUT2D eigenvalue weighted by atomic mass is 10.1. The molecule has 0 aromatic carbocycles. The number of carboxylic acid groups (broad SMARTS) is 5. The summed E-state index contributed by atoms with van der Waals surface area (Å²) in [5.74, 6) is -8.13. The number of aromatic amines is 2. The maximum absolute atomic E-state index is 12.6. The van der Waals surface area contributed by atoms with Crippen LogP contribution in [0.2, 0.25) is 0 Å². The van der Waals surface area contributed by atoms with Gasteiger partial charge in [-0.2, -0.15) is 0 Å². The number of rotatable bonds is 24. The van der Waals surface area contributed by atoms with E-state index >= 15 is 0 Å². The summed E-state index contributed by atoms with van der Waals surface area (Å²) in [6.07, 6.45) is 5.21. The summed E-state index contributed by atoms with van der Waals surface area (Å²) in [4.78, 5) is 99.7. The number of carboxylic acids is 5. The van der Waals surface area contributed by atoms with Crippen molar-refractivity contribution in [3.05, 3.63) is 36.4 Å². The van der Waals surface area contributed by atoms with Gasteiger partial charge >= 0.3 is 29.8 Å². The summed E-state index contributed by atoms with van der Waals surface area (Å²) < 4.78 is 0. The Morgan fingerprint density at radius 2 is 0.915 bits per heavy atom. The first kappa shape index (κ1) is 37.8. The minimum atomic E-state index is -1.34. The first-order chi connectivity index (χ1) is 22.2. The number of hydrogen-bond acceptors (Lipinski definition) is 12. The molecule has 2 atom stereocenters. The predicted molar refractivity (Wildman–Crippen MR) is 156 cm³/mol. The molecule has 0 saturated heterocycles. The molecule has 21 nitrogen and oxygen atoms in total. The highest BCUT2D eigenvalue weighted by molar-refractivity contribution is 5.86. The van der Waals surface area contributed by atoms with Crippen molar-refractivity contribution in [2.75, 3.05) is 58.9 Å². The van der Waals surface area contributed by atoms with Gasteiger partial charge in [-0.1, -0.05) is 0 Å². The maximum Gasteiger partial charge on any atom is 0.326 e. The van der Waals surface area contributed by atoms with Crippen LogP contribution in [0.3, 0.4) is 0 Å². The van der Waals surface area contributed by atoms with Gasteiger partial charge in [0.25, 0.3) is 0 Å². The summed E-state index contributed by atoms with van der Waals surface area (Å²) in [6, 6.07) is -2.68. The van der Waals surface area contributed by atoms with Crippen molar-refractivity contribution in [1.82, 2.24) is 45.3 Å². The monoisotopic (exact) mass is 667 g/mol. The number of amides is 2. The molecule has 21 heteroatoms. The molecule has 0 saturated carbocycles. The quantitative estimate of drug-likeness (QED) is 0.0518. The van der Waals surface area contributed by atoms with E-state index < -0.39 is 86.5 Å². The van der Waals surface area contributed by atoms with Crippen LogP contribution in [0, 0.1) is 0 Å². The molecule has 2 amide bonds. The highest BCUT2D eigenvalue weighted by Crippen LogP contribution is 2.02. The maximum atomic E-state index is 12.6. The average Bonchev–Trinajstić information content (AvgIpc) is 3.67. The fraction of sp³-hybridized carbons (Fsp3) is 0.500. The summed E-state index contributed by atoms with van der Waals surface area (Å²) in [5.41, 5.74) is 0.879. The molecule has 2 heterocycles. The molecule has 9 N–H and O–H groups in total. The Balaban J connectivity index is 2.02. The van der Waals surface area contributed by atoms with Gasteiger partial charge < -0.3 is 46.1 Å². The lowest BCUT2D eigenvalue weighted by Gasteiger charge is -2.28. The second-order valence-electron chi connectivity index (χ2n) is 10.4. The van der Waals surface area contributed by atoms with Gasteiger partial charge in [-0.25, -0.2) is 19.6 Å². The van der Waals surface area contributed by atoms with Crippen molar-refractivity contribution in [2.45, 2.75) is 24.9 Å². The average molecular weight is 668 g/mol. The molecule has 0 spiro atoms. The van der Waals surface area contributed by atoms with Crippen molar-refractivity contribution in [2.24, 2.45) is 0 Å². The number of nitrogens with one attached hydrogen (secondary N) is 4. The summed E-state index contributed by atoms with van der Waals surface area (Å²) in [6.45, 7) is -3.43. The Hall–Kier alpha value is -5.41. The number of aromatic nitrogens is 4. The van der Waals surface area contributed by atoms with Gasteiger partial charge in [-0.05, 0) is 0 Å². The van der Waals surface area contributed by atoms with Crippen LogP contribution in [0.5, 0.6) is 0 Å². The summed E-state index contributed by atoms with van der Waals surface area (Å²) >= 11 is 0. The summed E-state index contributed by atoms with van der Waals surface area (Å²) in [5, 5.41) is 51.7. The molecule has 0 bridgehead atoms. The Labute approximate surface area is 266 Å². The van der Waals surface area contributed by atoms with E-state index in [1.165, 1.54) is 29.9 Å². The van der Waals surface area contributed by atoms with Crippen LogP contribution < -0.4 is 10.6 Å². The van der Waals surface area contributed by atoms with Crippen LogP contribution in [0.4, 0.5) is 0 Å². The fourth-order valence-electron chi connectivity index (χ4n) is 4.36. The van der Waals surface area contributed by atoms with Crippen molar-refractivity contribution in [1.29, 1.82) is 0 Å². The molecule has 0 aliphatic carbocycles. The van der Waals surface area contributed by atoms with Crippen molar-refractivity contribution >= 4 is 41.7 Å². The van der Waals surface area contributed by atoms with E-state index in [4.69, 9.17) is 0 Å². The SMILES string of the molecule is O=C(O)CN(CCN(CC(=O)O)CC(=O)NC(Cc1cnc[nH]1)C(=O)O)CCN(CC(=O)O)CC(=O)NC(Cc1cnc[nH]1)C(=O)O. The first-order valence-corrected chi connectivity index (χ1v) is 14.0. The second kappa shape index (κ2) is 19.2. The number of carbonyl (C=O) groups is 7. The van der Waals surface area contributed by atoms with E-state index in [0.29, 0.717) is 11.4 Å². The number of H-pyrrole nitrogens is 2. The molecule has 0 aliphatic heterocycles. The molecule has 0 fully saturated rings. The molecule has 0 aliphatic rings. The number of carbonyl (C=O) groups excluding carboxylic acids is 2. The minimum Gasteiger partial charge on any atom is -0.480 e. The van der Waals surface area contributed by atoms with E-state index in [9.17, 15) is 59.1 Å². The molecule has 258 valence electrons. The van der Waals surface area contributed by atoms with E-state index in [1.54, 1.807) is 0 Å². The zero-order valence-corrected chi connectivity index (χ0v) is 25.1.